The van der Waals surface area contributed by atoms with E-state index in [1.165, 1.54) is 12.7 Å². The van der Waals surface area contributed by atoms with Crippen LogP contribution in [0.4, 0.5) is 5.82 Å². The molecule has 6 heteroatoms. The van der Waals surface area contributed by atoms with Crippen molar-refractivity contribution in [1.82, 2.24) is 9.97 Å². The van der Waals surface area contributed by atoms with Gasteiger partial charge in [-0.25, -0.2) is 4.98 Å². The van der Waals surface area contributed by atoms with E-state index in [2.05, 4.69) is 34.7 Å². The summed E-state index contributed by atoms with van der Waals surface area (Å²) >= 11 is 4.22. The predicted molar refractivity (Wildman–Crippen MR) is 98.0 cm³/mol. The molecule has 122 valence electrons. The van der Waals surface area contributed by atoms with Crippen LogP contribution in [0.1, 0.15) is 5.56 Å². The van der Waals surface area contributed by atoms with E-state index in [-0.39, 0.29) is 0 Å². The smallest absolute Gasteiger partial charge is 0.166 e. The number of pyridine rings is 1. The van der Waals surface area contributed by atoms with Gasteiger partial charge in [0.05, 0.1) is 19.6 Å². The number of H-pyrrole nitrogens is 1. The summed E-state index contributed by atoms with van der Waals surface area (Å²) in [5.74, 6) is 0.863. The fourth-order valence-electron chi connectivity index (χ4n) is 2.01. The molecule has 0 aliphatic rings. The maximum Gasteiger partial charge on any atom is 0.166 e. The molecule has 0 unspecified atom stereocenters. The van der Waals surface area contributed by atoms with Crippen LogP contribution in [0.3, 0.4) is 0 Å². The Morgan fingerprint density at radius 3 is 2.62 bits per heavy atom. The van der Waals surface area contributed by atoms with E-state index in [1.54, 1.807) is 12.3 Å². The van der Waals surface area contributed by atoms with Crippen LogP contribution in [0.25, 0.3) is 11.3 Å². The fraction of sp³-hybridized carbons (Fsp3) is 0.111. The molecule has 0 fully saturated rings. The average Bonchev–Trinajstić information content (AvgIpc) is 3.05. The highest BCUT2D eigenvalue weighted by molar-refractivity contribution is 7.80. The highest BCUT2D eigenvalue weighted by Crippen LogP contribution is 2.20. The van der Waals surface area contributed by atoms with E-state index < -0.39 is 0 Å². The number of aromatic nitrogens is 2. The third-order valence-electron chi connectivity index (χ3n) is 3.19. The minimum Gasteiger partial charge on any atom is -0.493 e. The molecular weight excluding hydrogens is 320 g/mol. The third kappa shape index (κ3) is 4.80. The second-order valence-electron chi connectivity index (χ2n) is 4.90. The minimum absolute atomic E-state index is 0.323. The number of hydrogen-bond donors (Lipinski definition) is 3. The molecule has 0 aliphatic carbocycles. The summed E-state index contributed by atoms with van der Waals surface area (Å²) in [4.78, 5) is 7.98. The largest absolute Gasteiger partial charge is 0.493 e. The third-order valence-corrected chi connectivity index (χ3v) is 3.45. The van der Waals surface area contributed by atoms with E-state index >= 15 is 0 Å². The SMILES string of the molecule is COc1cc(CC#N)cnc1N.Sc1c[nH]c(-c2ccccc2)c1. The summed E-state index contributed by atoms with van der Waals surface area (Å²) in [6.07, 6.45) is 3.77. The van der Waals surface area contributed by atoms with Gasteiger partial charge < -0.3 is 15.5 Å². The second-order valence-corrected chi connectivity index (χ2v) is 5.42. The van der Waals surface area contributed by atoms with Crippen LogP contribution < -0.4 is 10.5 Å². The van der Waals surface area contributed by atoms with E-state index in [1.807, 2.05) is 36.5 Å². The summed E-state index contributed by atoms with van der Waals surface area (Å²) < 4.78 is 4.94. The van der Waals surface area contributed by atoms with Gasteiger partial charge in [-0.05, 0) is 23.3 Å². The van der Waals surface area contributed by atoms with Gasteiger partial charge in [0.25, 0.3) is 0 Å². The zero-order valence-corrected chi connectivity index (χ0v) is 14.1. The number of benzene rings is 1. The summed E-state index contributed by atoms with van der Waals surface area (Å²) in [5.41, 5.74) is 8.59. The lowest BCUT2D eigenvalue weighted by Gasteiger charge is -2.03. The molecule has 0 aliphatic heterocycles. The highest BCUT2D eigenvalue weighted by atomic mass is 32.1. The summed E-state index contributed by atoms with van der Waals surface area (Å²) in [7, 11) is 1.52. The number of anilines is 1. The zero-order chi connectivity index (χ0) is 17.4. The average molecular weight is 338 g/mol. The second kappa shape index (κ2) is 8.65. The number of hydrogen-bond acceptors (Lipinski definition) is 5. The number of thiol groups is 1. The van der Waals surface area contributed by atoms with Gasteiger partial charge in [0, 0.05) is 23.0 Å². The maximum atomic E-state index is 8.40. The van der Waals surface area contributed by atoms with E-state index in [4.69, 9.17) is 15.7 Å². The van der Waals surface area contributed by atoms with Crippen molar-refractivity contribution >= 4 is 18.4 Å². The minimum atomic E-state index is 0.323. The molecule has 3 rings (SSSR count). The van der Waals surface area contributed by atoms with Crippen LogP contribution in [0.5, 0.6) is 5.75 Å². The first-order chi connectivity index (χ1) is 11.6. The number of aromatic amines is 1. The Kier molecular flexibility index (Phi) is 6.29. The van der Waals surface area contributed by atoms with Gasteiger partial charge in [-0.15, -0.1) is 12.6 Å². The van der Waals surface area contributed by atoms with Crippen LogP contribution in [0.15, 0.2) is 59.8 Å². The van der Waals surface area contributed by atoms with Crippen LogP contribution in [0, 0.1) is 11.3 Å². The molecule has 0 bridgehead atoms. The number of rotatable bonds is 3. The number of nitrogens with zero attached hydrogens (tertiary/aromatic N) is 2. The molecule has 2 aromatic heterocycles. The van der Waals surface area contributed by atoms with Gasteiger partial charge in [0.1, 0.15) is 0 Å². The lowest BCUT2D eigenvalue weighted by Crippen LogP contribution is -1.96. The molecule has 24 heavy (non-hydrogen) atoms. The summed E-state index contributed by atoms with van der Waals surface area (Å²) in [6, 6.07) is 15.9. The molecule has 0 saturated carbocycles. The van der Waals surface area contributed by atoms with Crippen LogP contribution in [-0.2, 0) is 6.42 Å². The Balaban J connectivity index is 0.000000174. The first-order valence-corrected chi connectivity index (χ1v) is 7.67. The summed E-state index contributed by atoms with van der Waals surface area (Å²) in [6.45, 7) is 0. The quantitative estimate of drug-likeness (QED) is 0.635. The van der Waals surface area contributed by atoms with Gasteiger partial charge in [-0.2, -0.15) is 5.26 Å². The first-order valence-electron chi connectivity index (χ1n) is 7.22. The number of methoxy groups -OCH3 is 1. The Bertz CT molecular complexity index is 825. The number of nitrogen functional groups attached to an aromatic ring is 1. The monoisotopic (exact) mass is 338 g/mol. The Hall–Kier alpha value is -2.91. The van der Waals surface area contributed by atoms with Crippen molar-refractivity contribution in [2.45, 2.75) is 11.3 Å². The van der Waals surface area contributed by atoms with Gasteiger partial charge in [0.2, 0.25) is 0 Å². The van der Waals surface area contributed by atoms with Gasteiger partial charge in [-0.3, -0.25) is 0 Å². The maximum absolute atomic E-state index is 8.40. The molecule has 1 aromatic carbocycles. The Morgan fingerprint density at radius 1 is 1.29 bits per heavy atom. The zero-order valence-electron chi connectivity index (χ0n) is 13.2. The molecule has 0 amide bonds. The van der Waals surface area contributed by atoms with Crippen molar-refractivity contribution in [2.75, 3.05) is 12.8 Å². The van der Waals surface area contributed by atoms with E-state index in [9.17, 15) is 0 Å². The van der Waals surface area contributed by atoms with Gasteiger partial charge in [-0.1, -0.05) is 30.3 Å². The lowest BCUT2D eigenvalue weighted by atomic mass is 10.2. The molecule has 0 radical (unpaired) electrons. The summed E-state index contributed by atoms with van der Waals surface area (Å²) in [5, 5.41) is 8.40. The van der Waals surface area contributed by atoms with Gasteiger partial charge >= 0.3 is 0 Å². The topological polar surface area (TPSA) is 87.7 Å². The molecule has 3 N–H and O–H groups in total. The Labute approximate surface area is 146 Å². The molecule has 2 heterocycles. The van der Waals surface area contributed by atoms with Crippen molar-refractivity contribution in [3.63, 3.8) is 0 Å². The molecule has 3 aromatic rings. The fourth-order valence-corrected chi connectivity index (χ4v) is 2.21. The van der Waals surface area contributed by atoms with Crippen LogP contribution in [0.2, 0.25) is 0 Å². The standard InChI is InChI=1S/C10H9NS.C8H9N3O/c12-9-6-10(11-7-9)8-4-2-1-3-5-8;1-12-7-4-6(2-3-9)5-11-8(7)10/h1-7,11-12H;4-5H,2H2,1H3,(H2,10,11). The normalized spacial score (nSPS) is 9.54. The molecule has 0 spiro atoms. The Morgan fingerprint density at radius 2 is 2.04 bits per heavy atom. The molecule has 5 nitrogen and oxygen atoms in total. The number of nitrogens with one attached hydrogen (secondary N) is 1. The molecular formula is C18H18N4OS. The van der Waals surface area contributed by atoms with Crippen LogP contribution in [-0.4, -0.2) is 17.1 Å². The van der Waals surface area contributed by atoms with Crippen molar-refractivity contribution in [3.05, 3.63) is 60.4 Å². The van der Waals surface area contributed by atoms with Crippen molar-refractivity contribution in [2.24, 2.45) is 0 Å². The number of nitrogens with two attached hydrogens (primary N) is 1. The number of nitriles is 1. The van der Waals surface area contributed by atoms with Crippen molar-refractivity contribution in [1.29, 1.82) is 5.26 Å². The van der Waals surface area contributed by atoms with Gasteiger partial charge in [0.15, 0.2) is 11.6 Å². The van der Waals surface area contributed by atoms with Crippen molar-refractivity contribution < 1.29 is 4.74 Å². The number of ether oxygens (including phenoxy) is 1. The molecule has 0 atom stereocenters. The van der Waals surface area contributed by atoms with E-state index in [0.29, 0.717) is 18.0 Å². The molecule has 0 saturated heterocycles. The first kappa shape index (κ1) is 17.4. The highest BCUT2D eigenvalue weighted by Gasteiger charge is 2.01. The van der Waals surface area contributed by atoms with Crippen molar-refractivity contribution in [3.8, 4) is 23.1 Å². The lowest BCUT2D eigenvalue weighted by molar-refractivity contribution is 0.415. The van der Waals surface area contributed by atoms with E-state index in [0.717, 1.165) is 16.2 Å². The predicted octanol–water partition coefficient (Wildman–Crippen LogP) is 3.71. The van der Waals surface area contributed by atoms with Crippen LogP contribution >= 0.6 is 12.6 Å².